The van der Waals surface area contributed by atoms with E-state index in [0.717, 1.165) is 26.1 Å². The van der Waals surface area contributed by atoms with Gasteiger partial charge < -0.3 is 4.74 Å². The molecule has 0 unspecified atom stereocenters. The SMILES string of the molecule is O=C=NCCc1ccc2c(c1)CCOC2. The van der Waals surface area contributed by atoms with Crippen molar-refractivity contribution in [2.75, 3.05) is 13.2 Å². The number of ether oxygens (including phenoxy) is 1. The summed E-state index contributed by atoms with van der Waals surface area (Å²) >= 11 is 0. The first-order valence-electron chi connectivity index (χ1n) is 5.12. The molecule has 1 aliphatic heterocycles. The molecule has 0 atom stereocenters. The summed E-state index contributed by atoms with van der Waals surface area (Å²) in [6, 6.07) is 6.38. The van der Waals surface area contributed by atoms with E-state index < -0.39 is 0 Å². The minimum Gasteiger partial charge on any atom is -0.376 e. The molecule has 2 rings (SSSR count). The normalized spacial score (nSPS) is 14.1. The summed E-state index contributed by atoms with van der Waals surface area (Å²) in [5.74, 6) is 0. The fraction of sp³-hybridized carbons (Fsp3) is 0.417. The lowest BCUT2D eigenvalue weighted by atomic mass is 9.99. The maximum atomic E-state index is 9.92. The second kappa shape index (κ2) is 4.87. The number of hydrogen-bond donors (Lipinski definition) is 0. The fourth-order valence-corrected chi connectivity index (χ4v) is 1.80. The highest BCUT2D eigenvalue weighted by atomic mass is 16.5. The molecule has 1 aromatic rings. The highest BCUT2D eigenvalue weighted by Gasteiger charge is 2.09. The van der Waals surface area contributed by atoms with Gasteiger partial charge in [-0.25, -0.2) is 9.79 Å². The third kappa shape index (κ3) is 2.52. The number of rotatable bonds is 3. The van der Waals surface area contributed by atoms with Crippen molar-refractivity contribution in [1.29, 1.82) is 0 Å². The molecule has 15 heavy (non-hydrogen) atoms. The maximum absolute atomic E-state index is 9.92. The van der Waals surface area contributed by atoms with E-state index in [2.05, 4.69) is 23.2 Å². The Morgan fingerprint density at radius 2 is 2.33 bits per heavy atom. The number of aliphatic imine (C=N–C) groups is 1. The van der Waals surface area contributed by atoms with E-state index in [-0.39, 0.29) is 0 Å². The summed E-state index contributed by atoms with van der Waals surface area (Å²) in [6.45, 7) is 2.06. The molecular weight excluding hydrogens is 190 g/mol. The van der Waals surface area contributed by atoms with Gasteiger partial charge in [-0.3, -0.25) is 0 Å². The van der Waals surface area contributed by atoms with Gasteiger partial charge in [-0.15, -0.1) is 0 Å². The van der Waals surface area contributed by atoms with Crippen LogP contribution in [0.2, 0.25) is 0 Å². The molecule has 1 aromatic carbocycles. The highest BCUT2D eigenvalue weighted by molar-refractivity contribution is 5.34. The number of carbonyl (C=O) groups excluding carboxylic acids is 1. The van der Waals surface area contributed by atoms with Crippen LogP contribution < -0.4 is 0 Å². The fourth-order valence-electron chi connectivity index (χ4n) is 1.80. The topological polar surface area (TPSA) is 38.7 Å². The van der Waals surface area contributed by atoms with E-state index in [4.69, 9.17) is 4.74 Å². The van der Waals surface area contributed by atoms with Crippen LogP contribution in [0.5, 0.6) is 0 Å². The second-order valence-corrected chi connectivity index (χ2v) is 3.63. The predicted molar refractivity (Wildman–Crippen MR) is 56.5 cm³/mol. The van der Waals surface area contributed by atoms with E-state index in [1.807, 2.05) is 0 Å². The molecule has 3 nitrogen and oxygen atoms in total. The molecule has 0 bridgehead atoms. The van der Waals surface area contributed by atoms with E-state index in [1.54, 1.807) is 6.08 Å². The van der Waals surface area contributed by atoms with Gasteiger partial charge in [-0.1, -0.05) is 18.2 Å². The molecule has 0 saturated carbocycles. The Kier molecular flexibility index (Phi) is 3.28. The van der Waals surface area contributed by atoms with Crippen molar-refractivity contribution in [2.24, 2.45) is 4.99 Å². The summed E-state index contributed by atoms with van der Waals surface area (Å²) in [4.78, 5) is 13.5. The molecule has 0 aromatic heterocycles. The summed E-state index contributed by atoms with van der Waals surface area (Å²) in [5, 5.41) is 0. The number of isocyanates is 1. The standard InChI is InChI=1S/C12H13NO2/c14-9-13-5-3-10-1-2-12-8-15-6-4-11(12)7-10/h1-2,7H,3-6,8H2. The average molecular weight is 203 g/mol. The molecule has 3 heteroatoms. The average Bonchev–Trinajstić information content (AvgIpc) is 2.29. The molecular formula is C12H13NO2. The number of benzene rings is 1. The predicted octanol–water partition coefficient (Wildman–Crippen LogP) is 1.64. The van der Waals surface area contributed by atoms with E-state index in [1.165, 1.54) is 16.7 Å². The Morgan fingerprint density at radius 1 is 1.40 bits per heavy atom. The first-order chi connectivity index (χ1) is 7.40. The van der Waals surface area contributed by atoms with Crippen LogP contribution in [-0.4, -0.2) is 19.2 Å². The van der Waals surface area contributed by atoms with Crippen molar-refractivity contribution in [3.8, 4) is 0 Å². The van der Waals surface area contributed by atoms with Gasteiger partial charge in [0.1, 0.15) is 0 Å². The summed E-state index contributed by atoms with van der Waals surface area (Å²) < 4.78 is 5.36. The minimum absolute atomic E-state index is 0.527. The molecule has 0 radical (unpaired) electrons. The van der Waals surface area contributed by atoms with Crippen molar-refractivity contribution in [3.63, 3.8) is 0 Å². The van der Waals surface area contributed by atoms with Crippen LogP contribution in [0.25, 0.3) is 0 Å². The van der Waals surface area contributed by atoms with Crippen LogP contribution in [0.15, 0.2) is 23.2 Å². The van der Waals surface area contributed by atoms with E-state index >= 15 is 0 Å². The third-order valence-electron chi connectivity index (χ3n) is 2.62. The molecule has 0 saturated heterocycles. The minimum atomic E-state index is 0.527. The van der Waals surface area contributed by atoms with Gasteiger partial charge in [-0.05, 0) is 29.5 Å². The van der Waals surface area contributed by atoms with Crippen LogP contribution in [0, 0.1) is 0 Å². The van der Waals surface area contributed by atoms with Gasteiger partial charge in [0.25, 0.3) is 0 Å². The monoisotopic (exact) mass is 203 g/mol. The number of hydrogen-bond acceptors (Lipinski definition) is 3. The molecule has 0 N–H and O–H groups in total. The van der Waals surface area contributed by atoms with Gasteiger partial charge in [0.2, 0.25) is 6.08 Å². The van der Waals surface area contributed by atoms with Crippen molar-refractivity contribution in [2.45, 2.75) is 19.4 Å². The van der Waals surface area contributed by atoms with Crippen LogP contribution in [0.1, 0.15) is 16.7 Å². The van der Waals surface area contributed by atoms with Gasteiger partial charge in [0, 0.05) is 0 Å². The second-order valence-electron chi connectivity index (χ2n) is 3.63. The Hall–Kier alpha value is -1.44. The molecule has 0 spiro atoms. The van der Waals surface area contributed by atoms with Crippen molar-refractivity contribution < 1.29 is 9.53 Å². The summed E-state index contributed by atoms with van der Waals surface area (Å²) in [5.41, 5.74) is 3.88. The Balaban J connectivity index is 2.09. The smallest absolute Gasteiger partial charge is 0.234 e. The van der Waals surface area contributed by atoms with E-state index in [0.29, 0.717) is 6.54 Å². The molecule has 0 fully saturated rings. The van der Waals surface area contributed by atoms with Crippen LogP contribution in [0.3, 0.4) is 0 Å². The first kappa shape index (κ1) is 10.1. The van der Waals surface area contributed by atoms with Crippen molar-refractivity contribution >= 4 is 6.08 Å². The first-order valence-corrected chi connectivity index (χ1v) is 5.12. The zero-order valence-corrected chi connectivity index (χ0v) is 8.53. The Labute approximate surface area is 88.8 Å². The quantitative estimate of drug-likeness (QED) is 0.553. The lowest BCUT2D eigenvalue weighted by molar-refractivity contribution is 0.110. The summed E-state index contributed by atoms with van der Waals surface area (Å²) in [6.07, 6.45) is 3.35. The van der Waals surface area contributed by atoms with Crippen LogP contribution >= 0.6 is 0 Å². The van der Waals surface area contributed by atoms with Gasteiger partial charge in [0.15, 0.2) is 0 Å². The zero-order valence-electron chi connectivity index (χ0n) is 8.53. The Bertz CT molecular complexity index is 395. The Morgan fingerprint density at radius 3 is 3.20 bits per heavy atom. The summed E-state index contributed by atoms with van der Waals surface area (Å²) in [7, 11) is 0. The lowest BCUT2D eigenvalue weighted by Gasteiger charge is -2.16. The zero-order chi connectivity index (χ0) is 10.5. The molecule has 1 aliphatic rings. The largest absolute Gasteiger partial charge is 0.376 e. The molecule has 1 heterocycles. The number of nitrogens with zero attached hydrogens (tertiary/aromatic N) is 1. The van der Waals surface area contributed by atoms with Gasteiger partial charge in [-0.2, -0.15) is 0 Å². The van der Waals surface area contributed by atoms with Gasteiger partial charge >= 0.3 is 0 Å². The van der Waals surface area contributed by atoms with Crippen LogP contribution in [-0.2, 0) is 29.0 Å². The number of fused-ring (bicyclic) bond motifs is 1. The van der Waals surface area contributed by atoms with E-state index in [9.17, 15) is 4.79 Å². The lowest BCUT2D eigenvalue weighted by Crippen LogP contribution is -2.10. The highest BCUT2D eigenvalue weighted by Crippen LogP contribution is 2.18. The molecule has 0 aliphatic carbocycles. The van der Waals surface area contributed by atoms with Gasteiger partial charge in [0.05, 0.1) is 19.8 Å². The van der Waals surface area contributed by atoms with Crippen molar-refractivity contribution in [3.05, 3.63) is 34.9 Å². The molecule has 78 valence electrons. The van der Waals surface area contributed by atoms with Crippen LogP contribution in [0.4, 0.5) is 0 Å². The van der Waals surface area contributed by atoms with Crippen molar-refractivity contribution in [1.82, 2.24) is 0 Å². The molecule has 0 amide bonds. The maximum Gasteiger partial charge on any atom is 0.234 e. The third-order valence-corrected chi connectivity index (χ3v) is 2.62.